The van der Waals surface area contributed by atoms with E-state index in [0.717, 1.165) is 23.0 Å². The Labute approximate surface area is 126 Å². The predicted octanol–water partition coefficient (Wildman–Crippen LogP) is 1.97. The molecule has 0 spiro atoms. The van der Waals surface area contributed by atoms with Gasteiger partial charge in [0.15, 0.2) is 5.69 Å². The molecule has 0 radical (unpaired) electrons. The fourth-order valence-corrected chi connectivity index (χ4v) is 2.73. The monoisotopic (exact) mass is 346 g/mol. The van der Waals surface area contributed by atoms with Crippen LogP contribution in [-0.4, -0.2) is 49.8 Å². The molecule has 1 heterocycles. The fraction of sp³-hybridized carbons (Fsp3) is 0.692. The number of hydrogen-bond acceptors (Lipinski definition) is 5. The van der Waals surface area contributed by atoms with E-state index in [1.165, 1.54) is 0 Å². The number of hydrogen-bond donors (Lipinski definition) is 0. The smallest absolute Gasteiger partial charge is 0.360 e. The molecule has 2 rings (SSSR count). The number of nitrogens with zero attached hydrogens (tertiary/aromatic N) is 2. The van der Waals surface area contributed by atoms with Crippen molar-refractivity contribution >= 4 is 21.9 Å². The van der Waals surface area contributed by atoms with E-state index in [1.807, 2.05) is 4.68 Å². The van der Waals surface area contributed by atoms with Crippen molar-refractivity contribution in [3.05, 3.63) is 15.9 Å². The number of carbonyl (C=O) groups is 1. The van der Waals surface area contributed by atoms with E-state index in [9.17, 15) is 4.79 Å². The summed E-state index contributed by atoms with van der Waals surface area (Å²) in [6.45, 7) is 1.80. The third kappa shape index (κ3) is 3.59. The first-order valence-corrected chi connectivity index (χ1v) is 7.39. The third-order valence-corrected chi connectivity index (χ3v) is 3.90. The maximum atomic E-state index is 12.0. The van der Waals surface area contributed by atoms with Crippen molar-refractivity contribution < 1.29 is 19.0 Å². The molecular weight excluding hydrogens is 328 g/mol. The van der Waals surface area contributed by atoms with E-state index in [2.05, 4.69) is 21.0 Å². The van der Waals surface area contributed by atoms with E-state index < -0.39 is 5.97 Å². The largest absolute Gasteiger partial charge is 0.458 e. The van der Waals surface area contributed by atoms with E-state index in [4.69, 9.17) is 14.2 Å². The first kappa shape index (κ1) is 15.5. The zero-order chi connectivity index (χ0) is 14.5. The second kappa shape index (κ2) is 7.19. The molecule has 0 unspecified atom stereocenters. The van der Waals surface area contributed by atoms with E-state index >= 15 is 0 Å². The van der Waals surface area contributed by atoms with Crippen LogP contribution >= 0.6 is 15.9 Å². The fourth-order valence-electron chi connectivity index (χ4n) is 1.96. The van der Waals surface area contributed by atoms with Crippen molar-refractivity contribution in [1.29, 1.82) is 0 Å². The number of esters is 1. The first-order valence-electron chi connectivity index (χ1n) is 6.60. The van der Waals surface area contributed by atoms with Crippen LogP contribution in [0.1, 0.15) is 34.9 Å². The van der Waals surface area contributed by atoms with Gasteiger partial charge in [0, 0.05) is 20.1 Å². The summed E-state index contributed by atoms with van der Waals surface area (Å²) in [6, 6.07) is 0. The molecule has 0 aromatic carbocycles. The molecule has 0 aliphatic heterocycles. The molecule has 0 saturated heterocycles. The second-order valence-electron chi connectivity index (χ2n) is 4.67. The SMILES string of the molecule is COCCOC(=O)c1nn(CCOC)c(C2CC2)c1Br. The minimum atomic E-state index is -0.424. The Morgan fingerprint density at radius 3 is 2.60 bits per heavy atom. The van der Waals surface area contributed by atoms with Gasteiger partial charge in [-0.1, -0.05) is 0 Å². The lowest BCUT2D eigenvalue weighted by molar-refractivity contribution is 0.0379. The summed E-state index contributed by atoms with van der Waals surface area (Å²) in [5, 5.41) is 4.36. The molecular formula is C13H19BrN2O4. The molecule has 20 heavy (non-hydrogen) atoms. The minimum absolute atomic E-state index is 0.228. The average Bonchev–Trinajstić information content (AvgIpc) is 3.21. The normalized spacial score (nSPS) is 14.6. The number of ether oxygens (including phenoxy) is 3. The van der Waals surface area contributed by atoms with Crippen molar-refractivity contribution in [3.8, 4) is 0 Å². The summed E-state index contributed by atoms with van der Waals surface area (Å²) in [4.78, 5) is 12.0. The molecule has 0 atom stereocenters. The van der Waals surface area contributed by atoms with Crippen molar-refractivity contribution in [3.63, 3.8) is 0 Å². The van der Waals surface area contributed by atoms with Crippen LogP contribution in [0, 0.1) is 0 Å². The summed E-state index contributed by atoms with van der Waals surface area (Å²) >= 11 is 3.49. The predicted molar refractivity (Wildman–Crippen MR) is 75.9 cm³/mol. The van der Waals surface area contributed by atoms with Crippen LogP contribution in [0.2, 0.25) is 0 Å². The number of carbonyl (C=O) groups excluding carboxylic acids is 1. The lowest BCUT2D eigenvalue weighted by Gasteiger charge is -2.05. The highest BCUT2D eigenvalue weighted by Gasteiger charge is 2.33. The Balaban J connectivity index is 2.13. The van der Waals surface area contributed by atoms with Crippen LogP contribution in [0.3, 0.4) is 0 Å². The molecule has 1 aromatic heterocycles. The molecule has 0 bridgehead atoms. The standard InChI is InChI=1S/C13H19BrN2O4/c1-18-6-5-16-12(9-3-4-9)10(14)11(15-16)13(17)20-8-7-19-2/h9H,3-8H2,1-2H3. The van der Waals surface area contributed by atoms with Crippen LogP contribution in [-0.2, 0) is 20.8 Å². The number of aromatic nitrogens is 2. The van der Waals surface area contributed by atoms with Crippen LogP contribution in [0.5, 0.6) is 0 Å². The van der Waals surface area contributed by atoms with E-state index in [0.29, 0.717) is 31.4 Å². The Kier molecular flexibility index (Phi) is 5.56. The maximum Gasteiger partial charge on any atom is 0.360 e. The van der Waals surface area contributed by atoms with Crippen LogP contribution in [0.15, 0.2) is 4.47 Å². The van der Waals surface area contributed by atoms with Gasteiger partial charge in [-0.3, -0.25) is 4.68 Å². The third-order valence-electron chi connectivity index (χ3n) is 3.12. The quantitative estimate of drug-likeness (QED) is 0.532. The summed E-state index contributed by atoms with van der Waals surface area (Å²) in [7, 11) is 3.21. The molecule has 1 aliphatic carbocycles. The van der Waals surface area contributed by atoms with Crippen molar-refractivity contribution in [1.82, 2.24) is 9.78 Å². The van der Waals surface area contributed by atoms with Gasteiger partial charge < -0.3 is 14.2 Å². The Morgan fingerprint density at radius 1 is 1.30 bits per heavy atom. The topological polar surface area (TPSA) is 62.6 Å². The van der Waals surface area contributed by atoms with Crippen LogP contribution in [0.4, 0.5) is 0 Å². The highest BCUT2D eigenvalue weighted by Crippen LogP contribution is 2.44. The maximum absolute atomic E-state index is 12.0. The molecule has 0 N–H and O–H groups in total. The van der Waals surface area contributed by atoms with Gasteiger partial charge in [-0.2, -0.15) is 5.10 Å². The average molecular weight is 347 g/mol. The Bertz CT molecular complexity index is 471. The van der Waals surface area contributed by atoms with Gasteiger partial charge in [-0.05, 0) is 28.8 Å². The zero-order valence-electron chi connectivity index (χ0n) is 11.7. The lowest BCUT2D eigenvalue weighted by atomic mass is 10.2. The molecule has 1 saturated carbocycles. The van der Waals surface area contributed by atoms with Gasteiger partial charge in [0.05, 0.1) is 29.9 Å². The van der Waals surface area contributed by atoms with Gasteiger partial charge in [-0.15, -0.1) is 0 Å². The zero-order valence-corrected chi connectivity index (χ0v) is 13.3. The van der Waals surface area contributed by atoms with Crippen molar-refractivity contribution in [2.75, 3.05) is 34.0 Å². The van der Waals surface area contributed by atoms with Crippen molar-refractivity contribution in [2.45, 2.75) is 25.3 Å². The molecule has 1 aliphatic rings. The molecule has 112 valence electrons. The van der Waals surface area contributed by atoms with E-state index in [-0.39, 0.29) is 6.61 Å². The number of rotatable bonds is 8. The molecule has 1 aromatic rings. The highest BCUT2D eigenvalue weighted by molar-refractivity contribution is 9.10. The van der Waals surface area contributed by atoms with Crippen LogP contribution in [0.25, 0.3) is 0 Å². The first-order chi connectivity index (χ1) is 9.69. The van der Waals surface area contributed by atoms with Gasteiger partial charge in [0.1, 0.15) is 6.61 Å². The number of methoxy groups -OCH3 is 2. The summed E-state index contributed by atoms with van der Waals surface area (Å²) in [5.74, 6) is 0.0567. The van der Waals surface area contributed by atoms with Crippen LogP contribution < -0.4 is 0 Å². The van der Waals surface area contributed by atoms with E-state index in [1.54, 1.807) is 14.2 Å². The molecule has 7 heteroatoms. The minimum Gasteiger partial charge on any atom is -0.458 e. The number of halogens is 1. The summed E-state index contributed by atoms with van der Waals surface area (Å²) in [6.07, 6.45) is 2.27. The lowest BCUT2D eigenvalue weighted by Crippen LogP contribution is -2.12. The Hall–Kier alpha value is -0.920. The second-order valence-corrected chi connectivity index (χ2v) is 5.46. The molecule has 0 amide bonds. The van der Waals surface area contributed by atoms with Gasteiger partial charge in [0.2, 0.25) is 0 Å². The van der Waals surface area contributed by atoms with Gasteiger partial charge >= 0.3 is 5.97 Å². The van der Waals surface area contributed by atoms with Gasteiger partial charge in [-0.25, -0.2) is 4.79 Å². The summed E-state index contributed by atoms with van der Waals surface area (Å²) < 4.78 is 17.7. The molecule has 6 nitrogen and oxygen atoms in total. The highest BCUT2D eigenvalue weighted by atomic mass is 79.9. The van der Waals surface area contributed by atoms with Crippen molar-refractivity contribution in [2.24, 2.45) is 0 Å². The summed E-state index contributed by atoms with van der Waals surface area (Å²) in [5.41, 5.74) is 1.40. The molecule has 1 fully saturated rings. The van der Waals surface area contributed by atoms with Gasteiger partial charge in [0.25, 0.3) is 0 Å². The Morgan fingerprint density at radius 2 is 2.00 bits per heavy atom.